The molecule has 0 spiro atoms. The number of ether oxygens (including phenoxy) is 1. The smallest absolute Gasteiger partial charge is 0.137 e. The van der Waals surface area contributed by atoms with Gasteiger partial charge in [-0.2, -0.15) is 0 Å². The van der Waals surface area contributed by atoms with Crippen LogP contribution in [0.3, 0.4) is 0 Å². The van der Waals surface area contributed by atoms with E-state index in [2.05, 4.69) is 13.8 Å². The number of benzene rings is 2. The van der Waals surface area contributed by atoms with Crippen LogP contribution in [0.4, 0.5) is 4.39 Å². The Morgan fingerprint density at radius 1 is 1.24 bits per heavy atom. The minimum atomic E-state index is -0.391. The Morgan fingerprint density at radius 3 is 2.48 bits per heavy atom. The zero-order valence-corrected chi connectivity index (χ0v) is 12.9. The molecule has 2 aromatic rings. The molecule has 0 aliphatic rings. The zero-order chi connectivity index (χ0) is 15.4. The van der Waals surface area contributed by atoms with Gasteiger partial charge in [0.15, 0.2) is 0 Å². The van der Waals surface area contributed by atoms with Gasteiger partial charge in [-0.3, -0.25) is 0 Å². The van der Waals surface area contributed by atoms with Crippen LogP contribution in [0.15, 0.2) is 42.5 Å². The van der Waals surface area contributed by atoms with Crippen LogP contribution >= 0.6 is 12.2 Å². The summed E-state index contributed by atoms with van der Waals surface area (Å²) in [6.07, 6.45) is 1.09. The molecule has 0 radical (unpaired) electrons. The van der Waals surface area contributed by atoms with Crippen molar-refractivity contribution in [3.05, 3.63) is 59.4 Å². The van der Waals surface area contributed by atoms with Crippen molar-refractivity contribution >= 4 is 17.2 Å². The second-order valence-electron chi connectivity index (χ2n) is 4.99. The summed E-state index contributed by atoms with van der Waals surface area (Å²) in [5.74, 6) is 1.25. The van der Waals surface area contributed by atoms with E-state index >= 15 is 0 Å². The Labute approximate surface area is 129 Å². The van der Waals surface area contributed by atoms with E-state index in [0.29, 0.717) is 23.0 Å². The molecule has 0 amide bonds. The van der Waals surface area contributed by atoms with Gasteiger partial charge in [0.05, 0.1) is 5.56 Å². The normalized spacial score (nSPS) is 12.0. The van der Waals surface area contributed by atoms with Gasteiger partial charge in [0.25, 0.3) is 0 Å². The van der Waals surface area contributed by atoms with E-state index in [4.69, 9.17) is 22.7 Å². The van der Waals surface area contributed by atoms with Crippen LogP contribution in [0, 0.1) is 5.82 Å². The second-order valence-corrected chi connectivity index (χ2v) is 5.42. The predicted molar refractivity (Wildman–Crippen MR) is 87.5 cm³/mol. The molecule has 1 unspecified atom stereocenters. The molecule has 0 saturated carbocycles. The Hall–Kier alpha value is -1.94. The van der Waals surface area contributed by atoms with Crippen molar-refractivity contribution < 1.29 is 9.13 Å². The predicted octanol–water partition coefficient (Wildman–Crippen LogP) is 4.77. The monoisotopic (exact) mass is 303 g/mol. The lowest BCUT2D eigenvalue weighted by atomic mass is 9.99. The first-order valence-corrected chi connectivity index (χ1v) is 7.29. The minimum Gasteiger partial charge on any atom is -0.457 e. The highest BCUT2D eigenvalue weighted by molar-refractivity contribution is 7.80. The van der Waals surface area contributed by atoms with E-state index in [1.165, 1.54) is 23.8 Å². The van der Waals surface area contributed by atoms with Crippen molar-refractivity contribution in [2.24, 2.45) is 5.73 Å². The molecule has 2 N–H and O–H groups in total. The molecule has 0 aliphatic heterocycles. The van der Waals surface area contributed by atoms with Gasteiger partial charge >= 0.3 is 0 Å². The lowest BCUT2D eigenvalue weighted by Crippen LogP contribution is -2.11. The number of hydrogen-bond acceptors (Lipinski definition) is 2. The molecule has 2 nitrogen and oxygen atoms in total. The number of nitrogens with two attached hydrogens (primary N) is 1. The van der Waals surface area contributed by atoms with Gasteiger partial charge in [0, 0.05) is 0 Å². The Bertz CT molecular complexity index is 640. The van der Waals surface area contributed by atoms with E-state index in [-0.39, 0.29) is 4.99 Å². The molecule has 0 aliphatic carbocycles. The van der Waals surface area contributed by atoms with Crippen molar-refractivity contribution in [2.45, 2.75) is 26.2 Å². The molecule has 110 valence electrons. The maximum Gasteiger partial charge on any atom is 0.137 e. The van der Waals surface area contributed by atoms with Crippen LogP contribution in [0.25, 0.3) is 0 Å². The summed E-state index contributed by atoms with van der Waals surface area (Å²) in [6, 6.07) is 12.0. The summed E-state index contributed by atoms with van der Waals surface area (Å²) in [5.41, 5.74) is 7.27. The van der Waals surface area contributed by atoms with Crippen LogP contribution in [0.5, 0.6) is 11.5 Å². The number of rotatable bonds is 5. The van der Waals surface area contributed by atoms with Crippen molar-refractivity contribution in [2.75, 3.05) is 0 Å². The van der Waals surface area contributed by atoms with Gasteiger partial charge in [0.2, 0.25) is 0 Å². The third-order valence-electron chi connectivity index (χ3n) is 3.50. The van der Waals surface area contributed by atoms with Crippen molar-refractivity contribution in [3.63, 3.8) is 0 Å². The molecule has 0 heterocycles. The first kappa shape index (κ1) is 15.4. The highest BCUT2D eigenvalue weighted by atomic mass is 32.1. The summed E-state index contributed by atoms with van der Waals surface area (Å²) in [7, 11) is 0. The van der Waals surface area contributed by atoms with E-state index < -0.39 is 5.82 Å². The second kappa shape index (κ2) is 6.68. The molecule has 0 aromatic heterocycles. The molecule has 2 aromatic carbocycles. The van der Waals surface area contributed by atoms with Crippen LogP contribution in [0.1, 0.15) is 37.3 Å². The largest absolute Gasteiger partial charge is 0.457 e. The summed E-state index contributed by atoms with van der Waals surface area (Å²) in [5, 5.41) is 0. The van der Waals surface area contributed by atoms with Crippen LogP contribution in [0.2, 0.25) is 0 Å². The first-order valence-electron chi connectivity index (χ1n) is 6.88. The Balaban J connectivity index is 2.24. The first-order chi connectivity index (χ1) is 10.0. The molecule has 1 atom stereocenters. The fraction of sp³-hybridized carbons (Fsp3) is 0.235. The van der Waals surface area contributed by atoms with Crippen molar-refractivity contribution in [1.82, 2.24) is 0 Å². The molecule has 0 fully saturated rings. The lowest BCUT2D eigenvalue weighted by Gasteiger charge is -2.12. The van der Waals surface area contributed by atoms with Crippen LogP contribution < -0.4 is 10.5 Å². The summed E-state index contributed by atoms with van der Waals surface area (Å²) >= 11 is 4.93. The third kappa shape index (κ3) is 3.79. The maximum absolute atomic E-state index is 13.3. The van der Waals surface area contributed by atoms with Crippen LogP contribution in [-0.2, 0) is 0 Å². The van der Waals surface area contributed by atoms with Gasteiger partial charge in [-0.1, -0.05) is 38.2 Å². The molecule has 4 heteroatoms. The highest BCUT2D eigenvalue weighted by Crippen LogP contribution is 2.28. The number of thiocarbonyl (C=S) groups is 1. The zero-order valence-electron chi connectivity index (χ0n) is 12.1. The molecule has 21 heavy (non-hydrogen) atoms. The van der Waals surface area contributed by atoms with Crippen LogP contribution in [-0.4, -0.2) is 4.99 Å². The minimum absolute atomic E-state index is 0.112. The fourth-order valence-electron chi connectivity index (χ4n) is 2.01. The summed E-state index contributed by atoms with van der Waals surface area (Å²) in [6.45, 7) is 4.34. The summed E-state index contributed by atoms with van der Waals surface area (Å²) in [4.78, 5) is 0.112. The average Bonchev–Trinajstić information content (AvgIpc) is 2.49. The molecular weight excluding hydrogens is 285 g/mol. The van der Waals surface area contributed by atoms with E-state index in [9.17, 15) is 4.39 Å². The van der Waals surface area contributed by atoms with E-state index in [1.807, 2.05) is 24.3 Å². The van der Waals surface area contributed by atoms with Gasteiger partial charge < -0.3 is 10.5 Å². The lowest BCUT2D eigenvalue weighted by molar-refractivity contribution is 0.479. The van der Waals surface area contributed by atoms with Crippen molar-refractivity contribution in [3.8, 4) is 11.5 Å². The van der Waals surface area contributed by atoms with Crippen molar-refractivity contribution in [1.29, 1.82) is 0 Å². The summed E-state index contributed by atoms with van der Waals surface area (Å²) < 4.78 is 19.0. The van der Waals surface area contributed by atoms with Gasteiger partial charge in [0.1, 0.15) is 22.3 Å². The Kier molecular flexibility index (Phi) is 4.91. The topological polar surface area (TPSA) is 35.2 Å². The van der Waals surface area contributed by atoms with Gasteiger partial charge in [-0.05, 0) is 48.2 Å². The Morgan fingerprint density at radius 2 is 1.90 bits per heavy atom. The molecular formula is C17H18FNOS. The standard InChI is InChI=1S/C17H18FNOS/c1-3-11(2)12-4-7-14(8-5-12)20-16-9-6-13(18)10-15(16)17(19)21/h4-11H,3H2,1-2H3,(H2,19,21). The molecule has 0 saturated heterocycles. The average molecular weight is 303 g/mol. The highest BCUT2D eigenvalue weighted by Gasteiger charge is 2.10. The van der Waals surface area contributed by atoms with Gasteiger partial charge in [-0.15, -0.1) is 0 Å². The third-order valence-corrected chi connectivity index (χ3v) is 3.72. The van der Waals surface area contributed by atoms with Gasteiger partial charge in [-0.25, -0.2) is 4.39 Å². The maximum atomic E-state index is 13.3. The number of halogens is 1. The SMILES string of the molecule is CCC(C)c1ccc(Oc2ccc(F)cc2C(N)=S)cc1. The molecule has 2 rings (SSSR count). The quantitative estimate of drug-likeness (QED) is 0.808. The van der Waals surface area contributed by atoms with E-state index in [1.54, 1.807) is 0 Å². The fourth-order valence-corrected chi connectivity index (χ4v) is 2.17. The molecule has 0 bridgehead atoms. The van der Waals surface area contributed by atoms with E-state index in [0.717, 1.165) is 6.42 Å². The number of hydrogen-bond donors (Lipinski definition) is 1.